The quantitative estimate of drug-likeness (QED) is 0.623. The number of ether oxygens (including phenoxy) is 1. The van der Waals surface area contributed by atoms with Gasteiger partial charge in [0.2, 0.25) is 0 Å². The first-order valence-corrected chi connectivity index (χ1v) is 5.98. The summed E-state index contributed by atoms with van der Waals surface area (Å²) in [5.74, 6) is -1.56. The highest BCUT2D eigenvalue weighted by molar-refractivity contribution is 9.10. The third kappa shape index (κ3) is 2.59. The molecule has 0 N–H and O–H groups in total. The van der Waals surface area contributed by atoms with Crippen LogP contribution in [0.2, 0.25) is 0 Å². The van der Waals surface area contributed by atoms with Gasteiger partial charge in [-0.05, 0) is 38.8 Å². The molecule has 1 heterocycles. The summed E-state index contributed by atoms with van der Waals surface area (Å²) in [4.78, 5) is 20.2. The lowest BCUT2D eigenvalue weighted by atomic mass is 10.3. The topological polar surface area (TPSA) is 113 Å². The van der Waals surface area contributed by atoms with Crippen LogP contribution in [0.4, 0.5) is 11.6 Å². The molecule has 0 saturated heterocycles. The van der Waals surface area contributed by atoms with Gasteiger partial charge in [0.1, 0.15) is 12.8 Å². The molecule has 0 unspecified atom stereocenters. The number of nitrogens with zero attached hydrogens (tertiary/aromatic N) is 4. The molecule has 1 aromatic heterocycles. The van der Waals surface area contributed by atoms with Crippen molar-refractivity contribution in [1.29, 1.82) is 0 Å². The van der Waals surface area contributed by atoms with Crippen LogP contribution in [-0.4, -0.2) is 19.6 Å². The fourth-order valence-corrected chi connectivity index (χ4v) is 1.78. The number of hydrogen-bond acceptors (Lipinski definition) is 6. The van der Waals surface area contributed by atoms with Gasteiger partial charge in [-0.15, -0.1) is 0 Å². The Kier molecular flexibility index (Phi) is 3.66. The maximum Gasteiger partial charge on any atom is 0.463 e. The molecule has 9 nitrogen and oxygen atoms in total. The van der Waals surface area contributed by atoms with Crippen LogP contribution in [0.1, 0.15) is 0 Å². The van der Waals surface area contributed by atoms with Crippen LogP contribution in [-0.2, 0) is 7.05 Å². The number of aryl methyl sites for hydroxylation is 1. The summed E-state index contributed by atoms with van der Waals surface area (Å²) >= 11 is 3.22. The summed E-state index contributed by atoms with van der Waals surface area (Å²) in [6, 6.07) is 6.32. The zero-order chi connectivity index (χ0) is 14.9. The highest BCUT2D eigenvalue weighted by atomic mass is 79.9. The Balaban J connectivity index is 2.50. The van der Waals surface area contributed by atoms with Crippen LogP contribution >= 0.6 is 15.9 Å². The normalized spacial score (nSPS) is 10.3. The minimum Gasteiger partial charge on any atom is -0.442 e. The van der Waals surface area contributed by atoms with E-state index >= 15 is 0 Å². The van der Waals surface area contributed by atoms with Gasteiger partial charge in [0.05, 0.1) is 0 Å². The van der Waals surface area contributed by atoms with Crippen molar-refractivity contribution in [3.8, 4) is 11.5 Å². The van der Waals surface area contributed by atoms with Crippen molar-refractivity contribution in [2.24, 2.45) is 7.05 Å². The molecule has 0 radical (unpaired) electrons. The van der Waals surface area contributed by atoms with Crippen LogP contribution in [0.5, 0.6) is 11.5 Å². The number of hydrogen-bond donors (Lipinski definition) is 0. The molecule has 0 amide bonds. The minimum absolute atomic E-state index is 0.229. The molecule has 20 heavy (non-hydrogen) atoms. The van der Waals surface area contributed by atoms with E-state index in [4.69, 9.17) is 4.74 Å². The first-order valence-electron chi connectivity index (χ1n) is 5.19. The number of benzene rings is 1. The SMILES string of the molecule is Cn1nc([N+](=O)[O-])c(Oc2ccc(Br)cc2)c1[N+](=O)[O-]. The molecule has 2 aromatic rings. The summed E-state index contributed by atoms with van der Waals surface area (Å²) in [5, 5.41) is 25.3. The maximum atomic E-state index is 11.0. The predicted octanol–water partition coefficient (Wildman–Crippen LogP) is 2.79. The van der Waals surface area contributed by atoms with Gasteiger partial charge < -0.3 is 25.0 Å². The maximum absolute atomic E-state index is 11.0. The summed E-state index contributed by atoms with van der Waals surface area (Å²) < 4.78 is 6.83. The van der Waals surface area contributed by atoms with Gasteiger partial charge in [-0.25, -0.2) is 0 Å². The Morgan fingerprint density at radius 1 is 1.20 bits per heavy atom. The van der Waals surface area contributed by atoms with Gasteiger partial charge in [0, 0.05) is 4.47 Å². The lowest BCUT2D eigenvalue weighted by molar-refractivity contribution is -0.396. The van der Waals surface area contributed by atoms with Gasteiger partial charge in [-0.2, -0.15) is 0 Å². The molecule has 0 aliphatic carbocycles. The largest absolute Gasteiger partial charge is 0.463 e. The molecule has 0 fully saturated rings. The molecule has 0 aliphatic heterocycles. The molecular weight excluding hydrogens is 336 g/mol. The van der Waals surface area contributed by atoms with Crippen LogP contribution in [0, 0.1) is 20.2 Å². The fourth-order valence-electron chi connectivity index (χ4n) is 1.51. The van der Waals surface area contributed by atoms with Gasteiger partial charge in [0.25, 0.3) is 0 Å². The van der Waals surface area contributed by atoms with Crippen LogP contribution < -0.4 is 4.74 Å². The van der Waals surface area contributed by atoms with Crippen LogP contribution in [0.3, 0.4) is 0 Å². The van der Waals surface area contributed by atoms with E-state index in [-0.39, 0.29) is 5.75 Å². The lowest BCUT2D eigenvalue weighted by Crippen LogP contribution is -1.99. The summed E-state index contributed by atoms with van der Waals surface area (Å²) in [7, 11) is 1.24. The molecule has 0 aliphatic rings. The van der Waals surface area contributed by atoms with E-state index in [0.717, 1.165) is 9.15 Å². The third-order valence-corrected chi connectivity index (χ3v) is 2.87. The van der Waals surface area contributed by atoms with Gasteiger partial charge >= 0.3 is 17.4 Å². The standard InChI is InChI=1S/C10H7BrN4O5/c1-13-10(15(18)19)8(9(12-13)14(16)17)20-7-4-2-6(11)3-5-7/h2-5H,1H3. The second kappa shape index (κ2) is 5.25. The molecule has 2 rings (SSSR count). The Labute approximate surface area is 120 Å². The molecule has 0 saturated carbocycles. The second-order valence-corrected chi connectivity index (χ2v) is 4.59. The zero-order valence-corrected chi connectivity index (χ0v) is 11.6. The number of rotatable bonds is 4. The molecule has 0 bridgehead atoms. The Hall–Kier alpha value is -2.49. The molecule has 104 valence electrons. The predicted molar refractivity (Wildman–Crippen MR) is 70.7 cm³/mol. The van der Waals surface area contributed by atoms with E-state index in [2.05, 4.69) is 21.0 Å². The molecule has 0 spiro atoms. The first-order chi connectivity index (χ1) is 9.40. The Bertz CT molecular complexity index is 682. The number of halogens is 1. The summed E-state index contributed by atoms with van der Waals surface area (Å²) in [6.45, 7) is 0. The van der Waals surface area contributed by atoms with Crippen molar-refractivity contribution < 1.29 is 14.6 Å². The average Bonchev–Trinajstić information content (AvgIpc) is 2.69. The third-order valence-electron chi connectivity index (χ3n) is 2.34. The van der Waals surface area contributed by atoms with E-state index in [1.807, 2.05) is 0 Å². The van der Waals surface area contributed by atoms with Crippen molar-refractivity contribution in [2.45, 2.75) is 0 Å². The molecule has 1 aromatic carbocycles. The van der Waals surface area contributed by atoms with Gasteiger partial charge in [-0.3, -0.25) is 0 Å². The number of nitro groups is 2. The van der Waals surface area contributed by atoms with Crippen LogP contribution in [0.25, 0.3) is 0 Å². The van der Waals surface area contributed by atoms with E-state index < -0.39 is 27.2 Å². The highest BCUT2D eigenvalue weighted by Crippen LogP contribution is 2.39. The first kappa shape index (κ1) is 13.9. The fraction of sp³-hybridized carbons (Fsp3) is 0.100. The van der Waals surface area contributed by atoms with Crippen molar-refractivity contribution in [3.05, 3.63) is 49.0 Å². The van der Waals surface area contributed by atoms with E-state index in [1.54, 1.807) is 12.1 Å². The Morgan fingerprint density at radius 3 is 2.30 bits per heavy atom. The van der Waals surface area contributed by atoms with E-state index in [0.29, 0.717) is 0 Å². The monoisotopic (exact) mass is 342 g/mol. The highest BCUT2D eigenvalue weighted by Gasteiger charge is 2.37. The van der Waals surface area contributed by atoms with E-state index in [9.17, 15) is 20.2 Å². The van der Waals surface area contributed by atoms with Gasteiger partial charge in [-0.1, -0.05) is 15.9 Å². The summed E-state index contributed by atoms with van der Waals surface area (Å²) in [6.07, 6.45) is 0. The van der Waals surface area contributed by atoms with Crippen molar-refractivity contribution in [2.75, 3.05) is 0 Å². The second-order valence-electron chi connectivity index (χ2n) is 3.67. The summed E-state index contributed by atoms with van der Waals surface area (Å²) in [5.41, 5.74) is 0. The van der Waals surface area contributed by atoms with Crippen LogP contribution in [0.15, 0.2) is 28.7 Å². The molecule has 0 atom stereocenters. The molecule has 10 heteroatoms. The smallest absolute Gasteiger partial charge is 0.442 e. The van der Waals surface area contributed by atoms with Crippen molar-refractivity contribution >= 4 is 27.6 Å². The lowest BCUT2D eigenvalue weighted by Gasteiger charge is -2.02. The van der Waals surface area contributed by atoms with Gasteiger partial charge in [0.15, 0.2) is 5.10 Å². The average molecular weight is 343 g/mol. The van der Waals surface area contributed by atoms with E-state index in [1.165, 1.54) is 19.2 Å². The zero-order valence-electron chi connectivity index (χ0n) is 10.0. The van der Waals surface area contributed by atoms with Crippen molar-refractivity contribution in [3.63, 3.8) is 0 Å². The molecular formula is C10H7BrN4O5. The minimum atomic E-state index is -0.832. The Morgan fingerprint density at radius 2 is 1.80 bits per heavy atom. The van der Waals surface area contributed by atoms with Crippen molar-refractivity contribution in [1.82, 2.24) is 9.78 Å². The number of aromatic nitrogens is 2.